The number of hydrogen-bond acceptors (Lipinski definition) is 3. The third kappa shape index (κ3) is 2.37. The lowest BCUT2D eigenvalue weighted by atomic mass is 9.89. The van der Waals surface area contributed by atoms with Crippen molar-refractivity contribution >= 4 is 0 Å². The molecule has 2 saturated heterocycles. The van der Waals surface area contributed by atoms with E-state index in [1.54, 1.807) is 0 Å². The second-order valence-corrected chi connectivity index (χ2v) is 5.62. The summed E-state index contributed by atoms with van der Waals surface area (Å²) in [4.78, 5) is 0. The van der Waals surface area contributed by atoms with E-state index in [0.717, 1.165) is 37.4 Å². The van der Waals surface area contributed by atoms with Crippen LogP contribution in [0.4, 0.5) is 0 Å². The Balaban J connectivity index is 1.64. The molecule has 4 nitrogen and oxygen atoms in total. The van der Waals surface area contributed by atoms with Crippen molar-refractivity contribution in [2.45, 2.75) is 64.1 Å². The average molecular weight is 234 g/mol. The standard InChI is InChI=1S/C13H22N4/c1-2-5-17-9-14-16-13(17)8-10-6-11-3-4-12(7-10)15-11/h9-12,15H,2-8H2,1H3. The van der Waals surface area contributed by atoms with E-state index in [-0.39, 0.29) is 0 Å². The minimum Gasteiger partial charge on any atom is -0.318 e. The molecule has 2 atom stereocenters. The number of aryl methyl sites for hydroxylation is 1. The van der Waals surface area contributed by atoms with Gasteiger partial charge in [-0.05, 0) is 38.0 Å². The summed E-state index contributed by atoms with van der Waals surface area (Å²) in [5, 5.41) is 12.0. The van der Waals surface area contributed by atoms with Crippen LogP contribution in [0.1, 0.15) is 44.9 Å². The summed E-state index contributed by atoms with van der Waals surface area (Å²) in [6.07, 6.45) is 9.57. The van der Waals surface area contributed by atoms with Gasteiger partial charge in [0.2, 0.25) is 0 Å². The lowest BCUT2D eigenvalue weighted by molar-refractivity contribution is 0.292. The van der Waals surface area contributed by atoms with Crippen LogP contribution >= 0.6 is 0 Å². The van der Waals surface area contributed by atoms with Crippen molar-refractivity contribution in [1.82, 2.24) is 20.1 Å². The van der Waals surface area contributed by atoms with Gasteiger partial charge in [-0.1, -0.05) is 6.92 Å². The van der Waals surface area contributed by atoms with E-state index < -0.39 is 0 Å². The zero-order chi connectivity index (χ0) is 11.7. The monoisotopic (exact) mass is 234 g/mol. The SMILES string of the molecule is CCCn1cnnc1CC1CC2CCC(C1)N2. The van der Waals surface area contributed by atoms with Gasteiger partial charge in [0.15, 0.2) is 0 Å². The minimum atomic E-state index is 0.779. The molecule has 0 amide bonds. The highest BCUT2D eigenvalue weighted by Gasteiger charge is 2.33. The van der Waals surface area contributed by atoms with E-state index in [1.165, 1.54) is 31.5 Å². The molecule has 2 aliphatic rings. The zero-order valence-electron chi connectivity index (χ0n) is 10.6. The predicted octanol–water partition coefficient (Wildman–Crippen LogP) is 1.76. The van der Waals surface area contributed by atoms with Crippen molar-refractivity contribution in [3.05, 3.63) is 12.2 Å². The van der Waals surface area contributed by atoms with Crippen LogP contribution in [0.3, 0.4) is 0 Å². The number of nitrogens with zero attached hydrogens (tertiary/aromatic N) is 3. The van der Waals surface area contributed by atoms with Crippen LogP contribution in [0.5, 0.6) is 0 Å². The molecule has 3 heterocycles. The normalized spacial score (nSPS) is 31.9. The number of hydrogen-bond donors (Lipinski definition) is 1. The molecule has 0 aliphatic carbocycles. The molecule has 2 aliphatic heterocycles. The molecule has 1 aromatic rings. The van der Waals surface area contributed by atoms with E-state index in [4.69, 9.17) is 0 Å². The molecular formula is C13H22N4. The first kappa shape index (κ1) is 11.2. The highest BCUT2D eigenvalue weighted by atomic mass is 15.3. The van der Waals surface area contributed by atoms with E-state index >= 15 is 0 Å². The molecule has 1 aromatic heterocycles. The molecule has 0 saturated carbocycles. The fraction of sp³-hybridized carbons (Fsp3) is 0.846. The predicted molar refractivity (Wildman–Crippen MR) is 66.7 cm³/mol. The molecule has 0 radical (unpaired) electrons. The third-order valence-corrected chi connectivity index (χ3v) is 4.20. The maximum Gasteiger partial charge on any atom is 0.133 e. The lowest BCUT2D eigenvalue weighted by Gasteiger charge is -2.28. The first-order valence-corrected chi connectivity index (χ1v) is 6.98. The van der Waals surface area contributed by atoms with Crippen molar-refractivity contribution in [3.8, 4) is 0 Å². The van der Waals surface area contributed by atoms with E-state index in [0.29, 0.717) is 0 Å². The van der Waals surface area contributed by atoms with Gasteiger partial charge in [0.1, 0.15) is 12.2 Å². The second kappa shape index (κ2) is 4.77. The van der Waals surface area contributed by atoms with Crippen LogP contribution in [-0.4, -0.2) is 26.8 Å². The lowest BCUT2D eigenvalue weighted by Crippen LogP contribution is -2.38. The molecule has 2 fully saturated rings. The number of fused-ring (bicyclic) bond motifs is 2. The van der Waals surface area contributed by atoms with E-state index in [2.05, 4.69) is 27.0 Å². The van der Waals surface area contributed by atoms with Crippen LogP contribution < -0.4 is 5.32 Å². The average Bonchev–Trinajstić information content (AvgIpc) is 2.87. The maximum absolute atomic E-state index is 4.29. The Labute approximate surface area is 103 Å². The summed E-state index contributed by atoms with van der Waals surface area (Å²) in [7, 11) is 0. The van der Waals surface area contributed by atoms with Crippen molar-refractivity contribution in [1.29, 1.82) is 0 Å². The fourth-order valence-corrected chi connectivity index (χ4v) is 3.46. The van der Waals surface area contributed by atoms with Gasteiger partial charge < -0.3 is 9.88 Å². The molecule has 2 bridgehead atoms. The molecule has 3 rings (SSSR count). The van der Waals surface area contributed by atoms with Gasteiger partial charge in [0.05, 0.1) is 0 Å². The molecule has 17 heavy (non-hydrogen) atoms. The summed E-state index contributed by atoms with van der Waals surface area (Å²) in [6, 6.07) is 1.56. The molecule has 1 N–H and O–H groups in total. The quantitative estimate of drug-likeness (QED) is 0.863. The molecule has 0 spiro atoms. The number of aromatic nitrogens is 3. The Morgan fingerprint density at radius 3 is 2.82 bits per heavy atom. The van der Waals surface area contributed by atoms with Crippen molar-refractivity contribution in [2.75, 3.05) is 0 Å². The van der Waals surface area contributed by atoms with E-state index in [9.17, 15) is 0 Å². The number of nitrogens with one attached hydrogen (secondary N) is 1. The topological polar surface area (TPSA) is 42.7 Å². The Morgan fingerprint density at radius 1 is 1.35 bits per heavy atom. The van der Waals surface area contributed by atoms with Crippen LogP contribution in [0, 0.1) is 5.92 Å². The Kier molecular flexibility index (Phi) is 3.14. The number of rotatable bonds is 4. The van der Waals surface area contributed by atoms with Gasteiger partial charge in [0.25, 0.3) is 0 Å². The Hall–Kier alpha value is -0.900. The number of piperidine rings is 1. The third-order valence-electron chi connectivity index (χ3n) is 4.20. The van der Waals surface area contributed by atoms with Crippen LogP contribution in [-0.2, 0) is 13.0 Å². The second-order valence-electron chi connectivity index (χ2n) is 5.62. The van der Waals surface area contributed by atoms with E-state index in [1.807, 2.05) is 6.33 Å². The molecule has 94 valence electrons. The highest BCUT2D eigenvalue weighted by Crippen LogP contribution is 2.32. The van der Waals surface area contributed by atoms with Crippen LogP contribution in [0.15, 0.2) is 6.33 Å². The van der Waals surface area contributed by atoms with Crippen LogP contribution in [0.25, 0.3) is 0 Å². The van der Waals surface area contributed by atoms with Gasteiger partial charge >= 0.3 is 0 Å². The molecule has 0 aromatic carbocycles. The van der Waals surface area contributed by atoms with Gasteiger partial charge in [-0.3, -0.25) is 0 Å². The van der Waals surface area contributed by atoms with Crippen molar-refractivity contribution in [3.63, 3.8) is 0 Å². The van der Waals surface area contributed by atoms with Crippen molar-refractivity contribution < 1.29 is 0 Å². The van der Waals surface area contributed by atoms with Crippen molar-refractivity contribution in [2.24, 2.45) is 5.92 Å². The molecular weight excluding hydrogens is 212 g/mol. The van der Waals surface area contributed by atoms with Gasteiger partial charge in [-0.15, -0.1) is 10.2 Å². The summed E-state index contributed by atoms with van der Waals surface area (Å²) in [5.74, 6) is 2.01. The first-order chi connectivity index (χ1) is 8.35. The smallest absolute Gasteiger partial charge is 0.133 e. The molecule has 2 unspecified atom stereocenters. The summed E-state index contributed by atoms with van der Waals surface area (Å²) < 4.78 is 2.23. The molecule has 4 heteroatoms. The Bertz CT molecular complexity index is 361. The Morgan fingerprint density at radius 2 is 2.12 bits per heavy atom. The summed E-state index contributed by atoms with van der Waals surface area (Å²) in [6.45, 7) is 3.26. The van der Waals surface area contributed by atoms with Gasteiger partial charge in [0, 0.05) is 25.0 Å². The van der Waals surface area contributed by atoms with Gasteiger partial charge in [-0.2, -0.15) is 0 Å². The highest BCUT2D eigenvalue weighted by molar-refractivity contribution is 4.96. The van der Waals surface area contributed by atoms with Gasteiger partial charge in [-0.25, -0.2) is 0 Å². The fourth-order valence-electron chi connectivity index (χ4n) is 3.46. The summed E-state index contributed by atoms with van der Waals surface area (Å²) in [5.41, 5.74) is 0. The first-order valence-electron chi connectivity index (χ1n) is 6.98. The van der Waals surface area contributed by atoms with Crippen LogP contribution in [0.2, 0.25) is 0 Å². The zero-order valence-corrected chi connectivity index (χ0v) is 10.6. The maximum atomic E-state index is 4.29. The summed E-state index contributed by atoms with van der Waals surface area (Å²) >= 11 is 0. The minimum absolute atomic E-state index is 0.779. The largest absolute Gasteiger partial charge is 0.318 e.